The van der Waals surface area contributed by atoms with Gasteiger partial charge in [-0.25, -0.2) is 0 Å². The molecule has 2 fully saturated rings. The molecule has 0 N–H and O–H groups in total. The SMILES string of the molecule is C.C.C.CC(=O)c1ccccc1.CCC.CCC1C2CCC(C2)C1C(C)=O.CCC1Cc2ccccc2CC1C(C)=O.CCCCC(C)=O. The monoisotopic (exact) mass is 681 g/mol. The summed E-state index contributed by atoms with van der Waals surface area (Å²) in [6, 6.07) is 17.8. The first-order valence-electron chi connectivity index (χ1n) is 18.1. The Kier molecular flexibility index (Phi) is 28.7. The van der Waals surface area contributed by atoms with Crippen LogP contribution in [0.25, 0.3) is 0 Å². The van der Waals surface area contributed by atoms with Gasteiger partial charge in [-0.3, -0.25) is 14.4 Å². The summed E-state index contributed by atoms with van der Waals surface area (Å²) < 4.78 is 0. The summed E-state index contributed by atoms with van der Waals surface area (Å²) in [5.41, 5.74) is 3.60. The maximum absolute atomic E-state index is 11.6. The van der Waals surface area contributed by atoms with Crippen molar-refractivity contribution in [1.82, 2.24) is 0 Å². The summed E-state index contributed by atoms with van der Waals surface area (Å²) in [6.07, 6.45) is 12.6. The summed E-state index contributed by atoms with van der Waals surface area (Å²) in [6.45, 7) is 17.5. The zero-order valence-electron chi connectivity index (χ0n) is 30.6. The number of fused-ring (bicyclic) bond motifs is 3. The van der Waals surface area contributed by atoms with Gasteiger partial charge >= 0.3 is 0 Å². The van der Waals surface area contributed by atoms with Crippen LogP contribution in [0.5, 0.6) is 0 Å². The van der Waals surface area contributed by atoms with E-state index in [1.54, 1.807) is 27.7 Å². The van der Waals surface area contributed by atoms with Crippen LogP contribution in [0.4, 0.5) is 0 Å². The second kappa shape index (κ2) is 27.9. The molecular weight excluding hydrogens is 604 g/mol. The van der Waals surface area contributed by atoms with E-state index in [2.05, 4.69) is 58.9 Å². The van der Waals surface area contributed by atoms with Gasteiger partial charge in [-0.15, -0.1) is 0 Å². The molecule has 49 heavy (non-hydrogen) atoms. The van der Waals surface area contributed by atoms with Gasteiger partial charge in [-0.1, -0.05) is 137 Å². The lowest BCUT2D eigenvalue weighted by molar-refractivity contribution is -0.124. The van der Waals surface area contributed by atoms with Crippen LogP contribution >= 0.6 is 0 Å². The first-order valence-corrected chi connectivity index (χ1v) is 18.1. The van der Waals surface area contributed by atoms with E-state index < -0.39 is 0 Å². The highest BCUT2D eigenvalue weighted by Crippen LogP contribution is 2.53. The van der Waals surface area contributed by atoms with Crippen LogP contribution in [0.15, 0.2) is 54.6 Å². The highest BCUT2D eigenvalue weighted by atomic mass is 16.1. The Balaban J connectivity index is -0.000000567. The fraction of sp³-hybridized carbons (Fsp3) is 0.644. The van der Waals surface area contributed by atoms with Gasteiger partial charge < -0.3 is 4.79 Å². The molecule has 2 aromatic carbocycles. The van der Waals surface area contributed by atoms with E-state index >= 15 is 0 Å². The number of ketones is 4. The molecule has 3 aliphatic carbocycles. The molecule has 4 nitrogen and oxygen atoms in total. The largest absolute Gasteiger partial charge is 0.300 e. The predicted molar refractivity (Wildman–Crippen MR) is 213 cm³/mol. The van der Waals surface area contributed by atoms with Gasteiger partial charge in [0.25, 0.3) is 0 Å². The average Bonchev–Trinajstić information content (AvgIpc) is 3.67. The Bertz CT molecular complexity index is 1180. The molecule has 4 heteroatoms. The zero-order chi connectivity index (χ0) is 34.6. The maximum Gasteiger partial charge on any atom is 0.159 e. The molecule has 2 aromatic rings. The number of carbonyl (C=O) groups is 4. The number of carbonyl (C=O) groups excluding carboxylic acids is 4. The molecule has 0 aromatic heterocycles. The van der Waals surface area contributed by atoms with Crippen molar-refractivity contribution < 1.29 is 19.2 Å². The van der Waals surface area contributed by atoms with Crippen molar-refractivity contribution in [2.24, 2.45) is 35.5 Å². The molecule has 0 saturated heterocycles. The number of rotatable bonds is 8. The lowest BCUT2D eigenvalue weighted by atomic mass is 9.73. The molecule has 3 aliphatic rings. The van der Waals surface area contributed by atoms with Crippen molar-refractivity contribution in [2.45, 2.75) is 155 Å². The molecule has 5 rings (SSSR count). The second-order valence-electron chi connectivity index (χ2n) is 13.5. The lowest BCUT2D eigenvalue weighted by Gasteiger charge is -2.30. The van der Waals surface area contributed by atoms with Gasteiger partial charge in [0.05, 0.1) is 0 Å². The topological polar surface area (TPSA) is 68.3 Å². The zero-order valence-corrected chi connectivity index (χ0v) is 30.6. The van der Waals surface area contributed by atoms with Gasteiger partial charge in [0.2, 0.25) is 0 Å². The Morgan fingerprint density at radius 3 is 1.53 bits per heavy atom. The van der Waals surface area contributed by atoms with Gasteiger partial charge in [-0.05, 0) is 101 Å². The standard InChI is InChI=1S/C14H18O.C11H18O.C8H8O.C6H12O.C3H8.3CH4/c1-3-11-8-12-6-4-5-7-13(12)9-14(11)10(2)15;1-3-10-8-4-5-9(6-8)11(10)7(2)12;1-7(9)8-5-3-2-4-6-8;1-3-4-5-6(2)7;1-3-2;;;/h4-7,11,14H,3,8-9H2,1-2H3;8-11H,3-6H2,1-2H3;2-6H,1H3;3-5H2,1-2H3;3H2,1-2H3;3*1H4. The minimum atomic E-state index is 0. The Labute approximate surface area is 303 Å². The maximum atomic E-state index is 11.6. The number of unbranched alkanes of at least 4 members (excludes halogenated alkanes) is 1. The summed E-state index contributed by atoms with van der Waals surface area (Å²) in [7, 11) is 0. The highest BCUT2D eigenvalue weighted by molar-refractivity contribution is 5.93. The number of hydrogen-bond acceptors (Lipinski definition) is 4. The number of hydrogen-bond donors (Lipinski definition) is 0. The van der Waals surface area contributed by atoms with Crippen molar-refractivity contribution in [3.63, 3.8) is 0 Å². The van der Waals surface area contributed by atoms with Crippen molar-refractivity contribution >= 4 is 23.1 Å². The molecule has 6 atom stereocenters. The number of benzene rings is 2. The molecule has 280 valence electrons. The quantitative estimate of drug-likeness (QED) is 0.260. The highest BCUT2D eigenvalue weighted by Gasteiger charge is 2.48. The van der Waals surface area contributed by atoms with Gasteiger partial charge in [-0.2, -0.15) is 0 Å². The van der Waals surface area contributed by atoms with Crippen LogP contribution < -0.4 is 0 Å². The molecule has 6 unspecified atom stereocenters. The van der Waals surface area contributed by atoms with Gasteiger partial charge in [0, 0.05) is 23.8 Å². The molecule has 0 radical (unpaired) electrons. The van der Waals surface area contributed by atoms with Crippen LogP contribution in [0.1, 0.15) is 164 Å². The third kappa shape index (κ3) is 17.6. The summed E-state index contributed by atoms with van der Waals surface area (Å²) in [5, 5.41) is 0. The molecule has 2 bridgehead atoms. The van der Waals surface area contributed by atoms with Gasteiger partial charge in [0.15, 0.2) is 5.78 Å². The molecule has 2 saturated carbocycles. The van der Waals surface area contributed by atoms with Crippen LogP contribution in [0, 0.1) is 35.5 Å². The first kappa shape index (κ1) is 50.5. The van der Waals surface area contributed by atoms with E-state index in [9.17, 15) is 19.2 Å². The van der Waals surface area contributed by atoms with Crippen LogP contribution in [0.3, 0.4) is 0 Å². The summed E-state index contributed by atoms with van der Waals surface area (Å²) in [5.74, 6) is 4.88. The first-order chi connectivity index (χ1) is 21.9. The summed E-state index contributed by atoms with van der Waals surface area (Å²) >= 11 is 0. The van der Waals surface area contributed by atoms with Crippen LogP contribution in [0.2, 0.25) is 0 Å². The summed E-state index contributed by atoms with van der Waals surface area (Å²) in [4.78, 5) is 43.8. The average molecular weight is 681 g/mol. The third-order valence-corrected chi connectivity index (χ3v) is 9.75. The molecule has 0 amide bonds. The van der Waals surface area contributed by atoms with E-state index in [-0.39, 0.29) is 34.0 Å². The van der Waals surface area contributed by atoms with Crippen LogP contribution in [-0.2, 0) is 27.2 Å². The Hall–Kier alpha value is -2.88. The van der Waals surface area contributed by atoms with E-state index in [4.69, 9.17) is 0 Å². The normalized spacial score (nSPS) is 21.9. The van der Waals surface area contributed by atoms with Crippen LogP contribution in [-0.4, -0.2) is 23.1 Å². The van der Waals surface area contributed by atoms with E-state index in [0.717, 1.165) is 61.8 Å². The molecule has 0 aliphatic heterocycles. The fourth-order valence-corrected chi connectivity index (χ4v) is 7.42. The van der Waals surface area contributed by atoms with Gasteiger partial charge in [0.1, 0.15) is 17.3 Å². The Morgan fingerprint density at radius 1 is 0.653 bits per heavy atom. The predicted octanol–water partition coefficient (Wildman–Crippen LogP) is 12.6. The fourth-order valence-electron chi connectivity index (χ4n) is 7.42. The Morgan fingerprint density at radius 2 is 1.16 bits per heavy atom. The lowest BCUT2D eigenvalue weighted by Crippen LogP contribution is -2.30. The van der Waals surface area contributed by atoms with Crippen molar-refractivity contribution in [3.8, 4) is 0 Å². The molecule has 0 heterocycles. The van der Waals surface area contributed by atoms with E-state index in [0.29, 0.717) is 29.2 Å². The minimum absolute atomic E-state index is 0. The van der Waals surface area contributed by atoms with E-state index in [1.165, 1.54) is 43.2 Å². The second-order valence-corrected chi connectivity index (χ2v) is 13.5. The molecular formula is C45H76O4. The number of Topliss-reactive ketones (excluding diaryl/α,β-unsaturated/α-hetero) is 4. The van der Waals surface area contributed by atoms with E-state index in [1.807, 2.05) is 30.3 Å². The van der Waals surface area contributed by atoms with Crippen molar-refractivity contribution in [2.75, 3.05) is 0 Å². The van der Waals surface area contributed by atoms with Crippen molar-refractivity contribution in [1.29, 1.82) is 0 Å². The smallest absolute Gasteiger partial charge is 0.159 e. The minimum Gasteiger partial charge on any atom is -0.300 e. The molecule has 0 spiro atoms. The van der Waals surface area contributed by atoms with Crippen molar-refractivity contribution in [3.05, 3.63) is 71.3 Å². The third-order valence-electron chi connectivity index (χ3n) is 9.75.